The summed E-state index contributed by atoms with van der Waals surface area (Å²) >= 11 is 0. The normalized spacial score (nSPS) is 17.5. The van der Waals surface area contributed by atoms with Crippen LogP contribution in [0.2, 0.25) is 0 Å². The first kappa shape index (κ1) is 22.6. The zero-order valence-corrected chi connectivity index (χ0v) is 18.6. The molecule has 9 heteroatoms. The number of rotatable bonds is 4. The number of hydrogen-bond acceptors (Lipinski definition) is 6. The summed E-state index contributed by atoms with van der Waals surface area (Å²) in [5.74, 6) is 2.64. The Labute approximate surface area is 188 Å². The van der Waals surface area contributed by atoms with Crippen LogP contribution >= 0.6 is 0 Å². The number of alkyl halides is 3. The predicted octanol–water partition coefficient (Wildman–Crippen LogP) is 3.28. The quantitative estimate of drug-likeness (QED) is 0.716. The van der Waals surface area contributed by atoms with E-state index in [1.807, 2.05) is 12.9 Å². The molecular weight excluding hydrogens is 431 g/mol. The van der Waals surface area contributed by atoms with Gasteiger partial charge in [-0.15, -0.1) is 0 Å². The number of fused-ring (bicyclic) bond motifs is 1. The molecule has 2 aliphatic rings. The molecule has 1 aromatic carbocycles. The van der Waals surface area contributed by atoms with Crippen molar-refractivity contribution < 1.29 is 18.0 Å². The lowest BCUT2D eigenvalue weighted by molar-refractivity contribution is -0.138. The molecule has 33 heavy (non-hydrogen) atoms. The Morgan fingerprint density at radius 2 is 1.94 bits per heavy atom. The molecule has 2 aromatic rings. The molecule has 1 atom stereocenters. The Morgan fingerprint density at radius 3 is 2.52 bits per heavy atom. The molecule has 2 heterocycles. The van der Waals surface area contributed by atoms with E-state index in [4.69, 9.17) is 0 Å². The third-order valence-corrected chi connectivity index (χ3v) is 6.29. The maximum absolute atomic E-state index is 13.4. The van der Waals surface area contributed by atoms with Crippen LogP contribution < -0.4 is 15.9 Å². The van der Waals surface area contributed by atoms with Crippen LogP contribution in [0.1, 0.15) is 55.2 Å². The topological polar surface area (TPSA) is 81.9 Å². The van der Waals surface area contributed by atoms with Gasteiger partial charge in [-0.25, -0.2) is 14.8 Å². The zero-order chi connectivity index (χ0) is 24.1. The average molecular weight is 453 g/mol. The molecule has 0 radical (unpaired) electrons. The summed E-state index contributed by atoms with van der Waals surface area (Å²) in [6.07, 6.45) is -1.03. The van der Waals surface area contributed by atoms with Gasteiger partial charge in [-0.1, -0.05) is 12.1 Å². The van der Waals surface area contributed by atoms with Gasteiger partial charge in [0.15, 0.2) is 5.94 Å². The van der Waals surface area contributed by atoms with Crippen molar-refractivity contribution in [3.63, 3.8) is 0 Å². The van der Waals surface area contributed by atoms with Crippen molar-refractivity contribution in [2.75, 3.05) is 5.32 Å². The van der Waals surface area contributed by atoms with E-state index in [1.54, 1.807) is 31.0 Å². The number of nitrogens with one attached hydrogen (secondary N) is 1. The van der Waals surface area contributed by atoms with Crippen LogP contribution in [0.5, 0.6) is 0 Å². The Kier molecular flexibility index (Phi) is 5.30. The highest BCUT2D eigenvalue weighted by Crippen LogP contribution is 2.44. The SMILES string of the molecule is Cc1nc(N[C@H](C)c2cccc(C(F)(F)F)c2C)c2c(n1)=C(C#N)C(=C=O)N(C1(C)CC1)C=2. The van der Waals surface area contributed by atoms with Gasteiger partial charge in [0.05, 0.1) is 22.2 Å². The van der Waals surface area contributed by atoms with Crippen molar-refractivity contribution in [3.05, 3.63) is 57.0 Å². The molecule has 0 spiro atoms. The van der Waals surface area contributed by atoms with E-state index in [2.05, 4.69) is 21.4 Å². The van der Waals surface area contributed by atoms with Gasteiger partial charge >= 0.3 is 6.18 Å². The molecule has 0 unspecified atom stereocenters. The minimum absolute atomic E-state index is 0.104. The number of aryl methyl sites for hydroxylation is 1. The molecule has 170 valence electrons. The van der Waals surface area contributed by atoms with Crippen LogP contribution in [0.4, 0.5) is 19.0 Å². The minimum Gasteiger partial charge on any atom is -0.363 e. The number of benzene rings is 1. The Balaban J connectivity index is 1.87. The van der Waals surface area contributed by atoms with E-state index in [0.29, 0.717) is 27.8 Å². The molecule has 0 saturated heterocycles. The van der Waals surface area contributed by atoms with Gasteiger partial charge < -0.3 is 10.2 Å². The van der Waals surface area contributed by atoms with Crippen molar-refractivity contribution in [2.45, 2.75) is 58.3 Å². The fourth-order valence-corrected chi connectivity index (χ4v) is 4.20. The fraction of sp³-hybridized carbons (Fsp3) is 0.375. The summed E-state index contributed by atoms with van der Waals surface area (Å²) in [5, 5.41) is 13.8. The van der Waals surface area contributed by atoms with Gasteiger partial charge in [-0.05, 0) is 57.7 Å². The maximum Gasteiger partial charge on any atom is 0.416 e. The first-order valence-electron chi connectivity index (χ1n) is 10.5. The number of aromatic nitrogens is 2. The van der Waals surface area contributed by atoms with E-state index in [1.165, 1.54) is 13.0 Å². The van der Waals surface area contributed by atoms with Crippen LogP contribution in [-0.4, -0.2) is 26.3 Å². The largest absolute Gasteiger partial charge is 0.416 e. The van der Waals surface area contributed by atoms with Gasteiger partial charge in [0.1, 0.15) is 29.0 Å². The molecule has 1 N–H and O–H groups in total. The molecule has 0 bridgehead atoms. The molecule has 6 nitrogen and oxygen atoms in total. The molecule has 0 amide bonds. The lowest BCUT2D eigenvalue weighted by Crippen LogP contribution is -2.45. The highest BCUT2D eigenvalue weighted by molar-refractivity contribution is 5.87. The lowest BCUT2D eigenvalue weighted by Gasteiger charge is -2.30. The van der Waals surface area contributed by atoms with E-state index >= 15 is 0 Å². The summed E-state index contributed by atoms with van der Waals surface area (Å²) in [6, 6.07) is 5.65. The third kappa shape index (κ3) is 3.87. The summed E-state index contributed by atoms with van der Waals surface area (Å²) in [7, 11) is 0. The number of anilines is 1. The second-order valence-electron chi connectivity index (χ2n) is 8.70. The van der Waals surface area contributed by atoms with Crippen LogP contribution in [0.25, 0.3) is 11.8 Å². The Hall–Kier alpha value is -3.63. The summed E-state index contributed by atoms with van der Waals surface area (Å²) in [4.78, 5) is 22.4. The summed E-state index contributed by atoms with van der Waals surface area (Å²) in [6.45, 7) is 6.83. The van der Waals surface area contributed by atoms with E-state index in [-0.39, 0.29) is 22.4 Å². The van der Waals surface area contributed by atoms with Gasteiger partial charge in [0, 0.05) is 11.7 Å². The summed E-state index contributed by atoms with van der Waals surface area (Å²) in [5.41, 5.74) is -0.138. The minimum atomic E-state index is -4.45. The standard InChI is InChI=1S/C24H22F3N5O/c1-13-16(6-5-7-19(13)24(25,26)27)14(2)29-22-18-11-32(23(4)8-9-23)20(12-33)17(10-28)21(18)30-15(3)31-22/h5-7,11,14H,8-9H2,1-4H3,(H,29,30,31)/t14-/m1/s1. The Morgan fingerprint density at radius 1 is 1.24 bits per heavy atom. The Bertz CT molecular complexity index is 1360. The van der Waals surface area contributed by atoms with Crippen LogP contribution in [-0.2, 0) is 11.0 Å². The number of nitrogens with zero attached hydrogens (tertiary/aromatic N) is 4. The van der Waals surface area contributed by atoms with Crippen LogP contribution in [0.3, 0.4) is 0 Å². The lowest BCUT2D eigenvalue weighted by atomic mass is 9.97. The zero-order valence-electron chi connectivity index (χ0n) is 18.6. The van der Waals surface area contributed by atoms with Crippen molar-refractivity contribution >= 4 is 23.5 Å². The molecule has 1 fully saturated rings. The van der Waals surface area contributed by atoms with Gasteiger partial charge in [0.2, 0.25) is 0 Å². The smallest absolute Gasteiger partial charge is 0.363 e. The highest BCUT2D eigenvalue weighted by Gasteiger charge is 2.46. The van der Waals surface area contributed by atoms with Crippen molar-refractivity contribution in [3.8, 4) is 6.07 Å². The van der Waals surface area contributed by atoms with Crippen molar-refractivity contribution in [1.29, 1.82) is 5.26 Å². The van der Waals surface area contributed by atoms with Crippen LogP contribution in [0.15, 0.2) is 23.9 Å². The van der Waals surface area contributed by atoms with Crippen molar-refractivity contribution in [1.82, 2.24) is 14.9 Å². The molecule has 4 rings (SSSR count). The van der Waals surface area contributed by atoms with Gasteiger partial charge in [-0.2, -0.15) is 18.4 Å². The molecule has 1 aliphatic carbocycles. The van der Waals surface area contributed by atoms with Crippen LogP contribution in [0, 0.1) is 25.2 Å². The first-order chi connectivity index (χ1) is 15.5. The number of carbonyl (C=O) groups excluding carboxylic acids is 1. The summed E-state index contributed by atoms with van der Waals surface area (Å²) < 4.78 is 40.2. The molecule has 1 aliphatic heterocycles. The number of hydrogen-bond donors (Lipinski definition) is 1. The highest BCUT2D eigenvalue weighted by atomic mass is 19.4. The monoisotopic (exact) mass is 453 g/mol. The molecule has 1 saturated carbocycles. The predicted molar refractivity (Wildman–Crippen MR) is 116 cm³/mol. The second-order valence-corrected chi connectivity index (χ2v) is 8.70. The number of allylic oxidation sites excluding steroid dienone is 1. The van der Waals surface area contributed by atoms with Gasteiger partial charge in [-0.3, -0.25) is 0 Å². The van der Waals surface area contributed by atoms with E-state index in [0.717, 1.165) is 18.9 Å². The second kappa shape index (κ2) is 7.75. The molecule has 1 aromatic heterocycles. The number of halogens is 3. The molecular formula is C24H22F3N5O. The third-order valence-electron chi connectivity index (χ3n) is 6.29. The van der Waals surface area contributed by atoms with Crippen molar-refractivity contribution in [2.24, 2.45) is 0 Å². The van der Waals surface area contributed by atoms with Gasteiger partial charge in [0.25, 0.3) is 0 Å². The fourth-order valence-electron chi connectivity index (χ4n) is 4.20. The first-order valence-corrected chi connectivity index (χ1v) is 10.5. The van der Waals surface area contributed by atoms with E-state index < -0.39 is 17.8 Å². The number of nitriles is 1. The maximum atomic E-state index is 13.4. The van der Waals surface area contributed by atoms with E-state index in [9.17, 15) is 23.2 Å². The average Bonchev–Trinajstić information content (AvgIpc) is 3.49.